The Morgan fingerprint density at radius 2 is 2.00 bits per heavy atom. The Hall–Kier alpha value is 0.230. The summed E-state index contributed by atoms with van der Waals surface area (Å²) < 4.78 is 5.54. The molecule has 94 valence electrons. The van der Waals surface area contributed by atoms with Gasteiger partial charge in [-0.2, -0.15) is 11.8 Å². The lowest BCUT2D eigenvalue weighted by molar-refractivity contribution is 0.0259. The van der Waals surface area contributed by atoms with Crippen LogP contribution in [0.5, 0.6) is 0 Å². The van der Waals surface area contributed by atoms with Crippen LogP contribution < -0.4 is 5.73 Å². The minimum atomic E-state index is 0.342. The van der Waals surface area contributed by atoms with E-state index in [1.807, 2.05) is 0 Å². The van der Waals surface area contributed by atoms with Gasteiger partial charge in [0, 0.05) is 48.7 Å². The summed E-state index contributed by atoms with van der Waals surface area (Å²) in [4.78, 5) is 2.57. The first kappa shape index (κ1) is 12.7. The van der Waals surface area contributed by atoms with Crippen molar-refractivity contribution in [2.45, 2.75) is 36.8 Å². The molecule has 4 atom stereocenters. The number of nitrogens with two attached hydrogens (primary N) is 1. The van der Waals surface area contributed by atoms with E-state index in [1.165, 1.54) is 13.1 Å². The predicted molar refractivity (Wildman–Crippen MR) is 69.9 cm³/mol. The molecule has 0 saturated carbocycles. The Balaban J connectivity index is 1.83. The van der Waals surface area contributed by atoms with Gasteiger partial charge in [-0.1, -0.05) is 13.8 Å². The second-order valence-corrected chi connectivity index (χ2v) is 7.15. The Labute approximate surface area is 103 Å². The van der Waals surface area contributed by atoms with Crippen LogP contribution in [0.1, 0.15) is 20.3 Å². The van der Waals surface area contributed by atoms with E-state index in [2.05, 4.69) is 30.5 Å². The standard InChI is InChI=1S/C12H24N2OS/c1-9-5-14(6-10(2)16-9)7-11-8-15-4-3-12(11)13/h9-12H,3-8,13H2,1-2H3. The van der Waals surface area contributed by atoms with Crippen molar-refractivity contribution < 1.29 is 4.74 Å². The molecule has 2 aliphatic rings. The fourth-order valence-electron chi connectivity index (χ4n) is 2.77. The van der Waals surface area contributed by atoms with Crippen LogP contribution >= 0.6 is 11.8 Å². The molecule has 2 heterocycles. The van der Waals surface area contributed by atoms with E-state index in [-0.39, 0.29) is 0 Å². The molecular formula is C12H24N2OS. The van der Waals surface area contributed by atoms with Crippen LogP contribution in [0.25, 0.3) is 0 Å². The van der Waals surface area contributed by atoms with Crippen molar-refractivity contribution in [1.29, 1.82) is 0 Å². The maximum atomic E-state index is 6.15. The van der Waals surface area contributed by atoms with E-state index in [0.29, 0.717) is 12.0 Å². The van der Waals surface area contributed by atoms with Crippen LogP contribution in [0.3, 0.4) is 0 Å². The summed E-state index contributed by atoms with van der Waals surface area (Å²) in [6.45, 7) is 9.88. The molecule has 2 rings (SSSR count). The summed E-state index contributed by atoms with van der Waals surface area (Å²) in [5, 5.41) is 1.51. The first-order valence-corrected chi connectivity index (χ1v) is 7.30. The summed E-state index contributed by atoms with van der Waals surface area (Å²) >= 11 is 2.10. The molecule has 2 fully saturated rings. The smallest absolute Gasteiger partial charge is 0.0521 e. The molecule has 2 aliphatic heterocycles. The number of nitrogens with zero attached hydrogens (tertiary/aromatic N) is 1. The first-order valence-electron chi connectivity index (χ1n) is 6.36. The number of hydrogen-bond donors (Lipinski definition) is 1. The van der Waals surface area contributed by atoms with Gasteiger partial charge in [0.1, 0.15) is 0 Å². The van der Waals surface area contributed by atoms with E-state index >= 15 is 0 Å². The van der Waals surface area contributed by atoms with Gasteiger partial charge in [0.15, 0.2) is 0 Å². The third-order valence-corrected chi connectivity index (χ3v) is 4.75. The molecule has 3 nitrogen and oxygen atoms in total. The zero-order valence-electron chi connectivity index (χ0n) is 10.4. The van der Waals surface area contributed by atoms with Crippen molar-refractivity contribution in [3.05, 3.63) is 0 Å². The van der Waals surface area contributed by atoms with E-state index in [4.69, 9.17) is 10.5 Å². The zero-order valence-corrected chi connectivity index (χ0v) is 11.2. The largest absolute Gasteiger partial charge is 0.381 e. The molecule has 2 saturated heterocycles. The van der Waals surface area contributed by atoms with Crippen LogP contribution in [-0.4, -0.2) is 54.3 Å². The molecule has 0 spiro atoms. The van der Waals surface area contributed by atoms with Gasteiger partial charge in [0.2, 0.25) is 0 Å². The second-order valence-electron chi connectivity index (χ2n) is 5.26. The highest BCUT2D eigenvalue weighted by atomic mass is 32.2. The highest BCUT2D eigenvalue weighted by Gasteiger charge is 2.28. The van der Waals surface area contributed by atoms with Crippen LogP contribution in [0.2, 0.25) is 0 Å². The quantitative estimate of drug-likeness (QED) is 0.791. The molecule has 2 N–H and O–H groups in total. The molecule has 16 heavy (non-hydrogen) atoms. The third-order valence-electron chi connectivity index (χ3n) is 3.52. The molecule has 0 aromatic heterocycles. The van der Waals surface area contributed by atoms with Crippen LogP contribution in [-0.2, 0) is 4.74 Å². The second kappa shape index (κ2) is 5.71. The Morgan fingerprint density at radius 1 is 1.31 bits per heavy atom. The van der Waals surface area contributed by atoms with Crippen molar-refractivity contribution in [2.75, 3.05) is 32.8 Å². The first-order chi connectivity index (χ1) is 7.65. The van der Waals surface area contributed by atoms with Gasteiger partial charge >= 0.3 is 0 Å². The van der Waals surface area contributed by atoms with Gasteiger partial charge in [-0.25, -0.2) is 0 Å². The van der Waals surface area contributed by atoms with Crippen molar-refractivity contribution in [3.63, 3.8) is 0 Å². The lowest BCUT2D eigenvalue weighted by Crippen LogP contribution is -2.49. The van der Waals surface area contributed by atoms with E-state index in [0.717, 1.165) is 36.7 Å². The molecular weight excluding hydrogens is 220 g/mol. The van der Waals surface area contributed by atoms with Crippen LogP contribution in [0.4, 0.5) is 0 Å². The highest BCUT2D eigenvalue weighted by Crippen LogP contribution is 2.26. The molecule has 4 unspecified atom stereocenters. The number of thioether (sulfide) groups is 1. The van der Waals surface area contributed by atoms with Gasteiger partial charge < -0.3 is 15.4 Å². The molecule has 0 aromatic rings. The fraction of sp³-hybridized carbons (Fsp3) is 1.00. The normalized spacial score (nSPS) is 42.2. The SMILES string of the molecule is CC1CN(CC2COCCC2N)CC(C)S1. The van der Waals surface area contributed by atoms with Crippen molar-refractivity contribution in [2.24, 2.45) is 11.7 Å². The van der Waals surface area contributed by atoms with Crippen molar-refractivity contribution in [3.8, 4) is 0 Å². The summed E-state index contributed by atoms with van der Waals surface area (Å²) in [5.74, 6) is 0.538. The predicted octanol–water partition coefficient (Wildman–Crippen LogP) is 1.18. The summed E-state index contributed by atoms with van der Waals surface area (Å²) in [7, 11) is 0. The Bertz CT molecular complexity index is 217. The van der Waals surface area contributed by atoms with Gasteiger partial charge in [0.05, 0.1) is 6.61 Å². The van der Waals surface area contributed by atoms with Gasteiger partial charge in [-0.3, -0.25) is 0 Å². The summed E-state index contributed by atoms with van der Waals surface area (Å²) in [5.41, 5.74) is 6.15. The summed E-state index contributed by atoms with van der Waals surface area (Å²) in [6.07, 6.45) is 1.03. The highest BCUT2D eigenvalue weighted by molar-refractivity contribution is 8.00. The number of rotatable bonds is 2. The Morgan fingerprint density at radius 3 is 2.62 bits per heavy atom. The van der Waals surface area contributed by atoms with Gasteiger partial charge in [0.25, 0.3) is 0 Å². The molecule has 4 heteroatoms. The molecule has 0 aliphatic carbocycles. The van der Waals surface area contributed by atoms with Crippen LogP contribution in [0, 0.1) is 5.92 Å². The fourth-order valence-corrected chi connectivity index (χ4v) is 4.15. The Kier molecular flexibility index (Phi) is 4.53. The molecule has 0 amide bonds. The van der Waals surface area contributed by atoms with Crippen molar-refractivity contribution >= 4 is 11.8 Å². The van der Waals surface area contributed by atoms with E-state index in [9.17, 15) is 0 Å². The van der Waals surface area contributed by atoms with Gasteiger partial charge in [-0.15, -0.1) is 0 Å². The average molecular weight is 244 g/mol. The summed E-state index contributed by atoms with van der Waals surface area (Å²) in [6, 6.07) is 0.342. The van der Waals surface area contributed by atoms with E-state index < -0.39 is 0 Å². The lowest BCUT2D eigenvalue weighted by atomic mass is 9.96. The minimum Gasteiger partial charge on any atom is -0.381 e. The number of hydrogen-bond acceptors (Lipinski definition) is 4. The zero-order chi connectivity index (χ0) is 11.5. The average Bonchev–Trinajstić information content (AvgIpc) is 2.20. The van der Waals surface area contributed by atoms with Crippen molar-refractivity contribution in [1.82, 2.24) is 4.90 Å². The van der Waals surface area contributed by atoms with Crippen LogP contribution in [0.15, 0.2) is 0 Å². The third kappa shape index (κ3) is 3.36. The molecule has 0 aromatic carbocycles. The minimum absolute atomic E-state index is 0.342. The molecule has 0 bridgehead atoms. The maximum Gasteiger partial charge on any atom is 0.0521 e. The molecule has 0 radical (unpaired) electrons. The monoisotopic (exact) mass is 244 g/mol. The van der Waals surface area contributed by atoms with Gasteiger partial charge in [-0.05, 0) is 6.42 Å². The lowest BCUT2D eigenvalue weighted by Gasteiger charge is -2.39. The van der Waals surface area contributed by atoms with E-state index in [1.54, 1.807) is 0 Å². The maximum absolute atomic E-state index is 6.15. The number of ether oxygens (including phenoxy) is 1. The topological polar surface area (TPSA) is 38.5 Å².